The van der Waals surface area contributed by atoms with E-state index < -0.39 is 0 Å². The molecule has 0 fully saturated rings. The number of hydrogen-bond acceptors (Lipinski definition) is 1. The van der Waals surface area contributed by atoms with E-state index in [9.17, 15) is 0 Å². The summed E-state index contributed by atoms with van der Waals surface area (Å²) in [5.41, 5.74) is 2.64. The Balaban J connectivity index is 1.82. The van der Waals surface area contributed by atoms with Crippen LogP contribution in [0, 0.1) is 3.57 Å². The van der Waals surface area contributed by atoms with Gasteiger partial charge in [-0.15, -0.1) is 0 Å². The largest absolute Gasteiger partial charge is 0.310 e. The van der Waals surface area contributed by atoms with E-state index in [0.717, 1.165) is 18.0 Å². The molecule has 0 heterocycles. The van der Waals surface area contributed by atoms with Crippen molar-refractivity contribution in [1.29, 1.82) is 0 Å². The number of hydrogen-bond donors (Lipinski definition) is 1. The van der Waals surface area contributed by atoms with E-state index in [1.807, 2.05) is 12.1 Å². The van der Waals surface area contributed by atoms with E-state index in [2.05, 4.69) is 71.2 Å². The summed E-state index contributed by atoms with van der Waals surface area (Å²) in [5, 5.41) is 4.34. The number of halogens is 2. The molecule has 2 rings (SSSR count). The fraction of sp³-hybridized carbons (Fsp3) is 0.250. The van der Waals surface area contributed by atoms with E-state index in [4.69, 9.17) is 11.6 Å². The van der Waals surface area contributed by atoms with Gasteiger partial charge in [0, 0.05) is 14.6 Å². The molecule has 0 aromatic heterocycles. The average Bonchev–Trinajstić information content (AvgIpc) is 2.41. The Bertz CT molecular complexity index is 507. The summed E-state index contributed by atoms with van der Waals surface area (Å²) in [6.45, 7) is 3.17. The summed E-state index contributed by atoms with van der Waals surface area (Å²) in [7, 11) is 0. The molecule has 19 heavy (non-hydrogen) atoms. The molecule has 0 aliphatic rings. The third-order valence-electron chi connectivity index (χ3n) is 3.15. The van der Waals surface area contributed by atoms with Gasteiger partial charge in [0.1, 0.15) is 0 Å². The molecule has 1 atom stereocenters. The van der Waals surface area contributed by atoms with E-state index in [0.29, 0.717) is 6.04 Å². The topological polar surface area (TPSA) is 12.0 Å². The van der Waals surface area contributed by atoms with Gasteiger partial charge in [0.05, 0.1) is 0 Å². The van der Waals surface area contributed by atoms with Gasteiger partial charge in [-0.25, -0.2) is 0 Å². The van der Waals surface area contributed by atoms with Crippen LogP contribution in [0.2, 0.25) is 5.02 Å². The van der Waals surface area contributed by atoms with Crippen molar-refractivity contribution >= 4 is 34.2 Å². The van der Waals surface area contributed by atoms with Crippen LogP contribution in [-0.2, 0) is 6.42 Å². The van der Waals surface area contributed by atoms with Crippen molar-refractivity contribution in [3.63, 3.8) is 0 Å². The third kappa shape index (κ3) is 4.79. The zero-order valence-electron chi connectivity index (χ0n) is 10.9. The zero-order valence-corrected chi connectivity index (χ0v) is 13.8. The van der Waals surface area contributed by atoms with Crippen LogP contribution in [0.1, 0.15) is 24.1 Å². The van der Waals surface area contributed by atoms with Crippen LogP contribution in [0.3, 0.4) is 0 Å². The molecule has 0 amide bonds. The van der Waals surface area contributed by atoms with E-state index >= 15 is 0 Å². The van der Waals surface area contributed by atoms with Crippen molar-refractivity contribution in [1.82, 2.24) is 5.32 Å². The first-order chi connectivity index (χ1) is 9.15. The zero-order chi connectivity index (χ0) is 13.7. The molecule has 3 heteroatoms. The molecule has 0 radical (unpaired) electrons. The Labute approximate surface area is 133 Å². The molecule has 1 unspecified atom stereocenters. The van der Waals surface area contributed by atoms with Gasteiger partial charge in [0.2, 0.25) is 0 Å². The molecule has 0 aliphatic heterocycles. The van der Waals surface area contributed by atoms with Crippen molar-refractivity contribution in [2.24, 2.45) is 0 Å². The van der Waals surface area contributed by atoms with Gasteiger partial charge >= 0.3 is 0 Å². The minimum absolute atomic E-state index is 0.379. The summed E-state index contributed by atoms with van der Waals surface area (Å²) in [6.07, 6.45) is 1.02. The molecule has 0 spiro atoms. The number of rotatable bonds is 5. The average molecular weight is 386 g/mol. The lowest BCUT2D eigenvalue weighted by molar-refractivity contribution is 0.577. The first-order valence-corrected chi connectivity index (χ1v) is 7.84. The molecule has 1 N–H and O–H groups in total. The summed E-state index contributed by atoms with van der Waals surface area (Å²) >= 11 is 8.20. The molecule has 1 nitrogen and oxygen atoms in total. The second-order valence-corrected chi connectivity index (χ2v) is 6.29. The Morgan fingerprint density at radius 1 is 1.05 bits per heavy atom. The summed E-state index contributed by atoms with van der Waals surface area (Å²) < 4.78 is 1.27. The Morgan fingerprint density at radius 2 is 1.68 bits per heavy atom. The molecular weight excluding hydrogens is 369 g/mol. The van der Waals surface area contributed by atoms with Gasteiger partial charge in [-0.1, -0.05) is 35.9 Å². The van der Waals surface area contributed by atoms with Gasteiger partial charge in [0.15, 0.2) is 0 Å². The van der Waals surface area contributed by atoms with Crippen LogP contribution in [0.5, 0.6) is 0 Å². The first-order valence-electron chi connectivity index (χ1n) is 6.38. The maximum absolute atomic E-state index is 5.87. The quantitative estimate of drug-likeness (QED) is 0.726. The maximum Gasteiger partial charge on any atom is 0.0406 e. The van der Waals surface area contributed by atoms with Crippen molar-refractivity contribution < 1.29 is 0 Å². The normalized spacial score (nSPS) is 12.4. The van der Waals surface area contributed by atoms with Gasteiger partial charge < -0.3 is 5.32 Å². The number of nitrogens with one attached hydrogen (secondary N) is 1. The van der Waals surface area contributed by atoms with Gasteiger partial charge in [-0.3, -0.25) is 0 Å². The van der Waals surface area contributed by atoms with E-state index in [-0.39, 0.29) is 0 Å². The van der Waals surface area contributed by atoms with Crippen LogP contribution in [-0.4, -0.2) is 6.54 Å². The van der Waals surface area contributed by atoms with Crippen LogP contribution in [0.4, 0.5) is 0 Å². The predicted octanol–water partition coefficient (Wildman–Crippen LogP) is 4.84. The fourth-order valence-electron chi connectivity index (χ4n) is 1.95. The Morgan fingerprint density at radius 3 is 2.32 bits per heavy atom. The SMILES string of the molecule is CC(NCCc1ccc(Cl)cc1)c1ccc(I)cc1. The summed E-state index contributed by atoms with van der Waals surface area (Å²) in [5.74, 6) is 0. The van der Waals surface area contributed by atoms with Crippen molar-refractivity contribution in [3.05, 3.63) is 68.3 Å². The van der Waals surface area contributed by atoms with E-state index in [1.165, 1.54) is 14.7 Å². The predicted molar refractivity (Wildman–Crippen MR) is 90.7 cm³/mol. The molecule has 0 aliphatic carbocycles. The lowest BCUT2D eigenvalue weighted by Crippen LogP contribution is -2.21. The standard InChI is InChI=1S/C16H17ClIN/c1-12(14-4-8-16(18)9-5-14)19-11-10-13-2-6-15(17)7-3-13/h2-9,12,19H,10-11H2,1H3. The minimum Gasteiger partial charge on any atom is -0.310 e. The maximum atomic E-state index is 5.87. The highest BCUT2D eigenvalue weighted by Crippen LogP contribution is 2.15. The molecule has 2 aromatic rings. The Kier molecular flexibility index (Phi) is 5.67. The van der Waals surface area contributed by atoms with Gasteiger partial charge in [-0.05, 0) is 77.9 Å². The lowest BCUT2D eigenvalue weighted by Gasteiger charge is -2.14. The van der Waals surface area contributed by atoms with E-state index in [1.54, 1.807) is 0 Å². The molecule has 0 saturated heterocycles. The molecule has 100 valence electrons. The number of benzene rings is 2. The highest BCUT2D eigenvalue weighted by molar-refractivity contribution is 14.1. The molecule has 0 saturated carbocycles. The highest BCUT2D eigenvalue weighted by Gasteiger charge is 2.04. The summed E-state index contributed by atoms with van der Waals surface area (Å²) in [4.78, 5) is 0. The van der Waals surface area contributed by atoms with Gasteiger partial charge in [-0.2, -0.15) is 0 Å². The highest BCUT2D eigenvalue weighted by atomic mass is 127. The minimum atomic E-state index is 0.379. The van der Waals surface area contributed by atoms with Crippen LogP contribution < -0.4 is 5.32 Å². The van der Waals surface area contributed by atoms with Gasteiger partial charge in [0.25, 0.3) is 0 Å². The van der Waals surface area contributed by atoms with Crippen molar-refractivity contribution in [2.75, 3.05) is 6.54 Å². The molecule has 2 aromatic carbocycles. The first kappa shape index (κ1) is 14.8. The van der Waals surface area contributed by atoms with Crippen molar-refractivity contribution in [3.8, 4) is 0 Å². The fourth-order valence-corrected chi connectivity index (χ4v) is 2.44. The third-order valence-corrected chi connectivity index (χ3v) is 4.12. The summed E-state index contributed by atoms with van der Waals surface area (Å²) in [6, 6.07) is 17.1. The Hall–Kier alpha value is -0.580. The van der Waals surface area contributed by atoms with Crippen LogP contribution in [0.25, 0.3) is 0 Å². The van der Waals surface area contributed by atoms with Crippen LogP contribution >= 0.6 is 34.2 Å². The molecular formula is C16H17ClIN. The second kappa shape index (κ2) is 7.27. The smallest absolute Gasteiger partial charge is 0.0406 e. The van der Waals surface area contributed by atoms with Crippen LogP contribution in [0.15, 0.2) is 48.5 Å². The lowest BCUT2D eigenvalue weighted by atomic mass is 10.1. The molecule has 0 bridgehead atoms. The monoisotopic (exact) mass is 385 g/mol. The van der Waals surface area contributed by atoms with Crippen molar-refractivity contribution in [2.45, 2.75) is 19.4 Å². The second-order valence-electron chi connectivity index (χ2n) is 4.60.